The van der Waals surface area contributed by atoms with Crippen LogP contribution in [0.1, 0.15) is 47.0 Å². The normalized spacial score (nSPS) is 21.0. The number of likely N-dealkylation sites (tertiary alicyclic amines) is 2. The Morgan fingerprint density at radius 3 is 2.46 bits per heavy atom. The Morgan fingerprint density at radius 1 is 1.08 bits per heavy atom. The molecule has 3 N–H and O–H groups in total. The third kappa shape index (κ3) is 6.33. The zero-order chi connectivity index (χ0) is 28.3. The smallest absolute Gasteiger partial charge is 0.399 e. The summed E-state index contributed by atoms with van der Waals surface area (Å²) in [6.45, 7) is 8.10. The molecular formula is C29H38N4O5S. The van der Waals surface area contributed by atoms with E-state index >= 15 is 0 Å². The van der Waals surface area contributed by atoms with E-state index in [0.29, 0.717) is 24.4 Å². The van der Waals surface area contributed by atoms with Crippen molar-refractivity contribution in [1.82, 2.24) is 15.1 Å². The summed E-state index contributed by atoms with van der Waals surface area (Å²) in [6, 6.07) is 10.7. The first kappa shape index (κ1) is 28.8. The highest BCUT2D eigenvalue weighted by molar-refractivity contribution is 7.17. The van der Waals surface area contributed by atoms with Crippen LogP contribution in [0.25, 0.3) is 10.4 Å². The third-order valence-corrected chi connectivity index (χ3v) is 8.67. The van der Waals surface area contributed by atoms with Gasteiger partial charge in [0, 0.05) is 11.4 Å². The number of amides is 3. The lowest BCUT2D eigenvalue weighted by Gasteiger charge is -2.29. The van der Waals surface area contributed by atoms with Gasteiger partial charge in [0.25, 0.3) is 0 Å². The van der Waals surface area contributed by atoms with E-state index in [1.54, 1.807) is 11.0 Å². The molecule has 4 rings (SSSR count). The van der Waals surface area contributed by atoms with Gasteiger partial charge in [-0.2, -0.15) is 0 Å². The van der Waals surface area contributed by atoms with Crippen LogP contribution in [0.15, 0.2) is 42.5 Å². The second-order valence-electron chi connectivity index (χ2n) is 10.9. The number of ether oxygens (including phenoxy) is 1. The lowest BCUT2D eigenvalue weighted by Crippen LogP contribution is -2.53. The quantitative estimate of drug-likeness (QED) is 0.488. The first-order valence-corrected chi connectivity index (χ1v) is 14.4. The van der Waals surface area contributed by atoms with Crippen molar-refractivity contribution >= 4 is 35.0 Å². The van der Waals surface area contributed by atoms with E-state index in [0.717, 1.165) is 16.9 Å². The SMILES string of the molecule is CCC(C)C(N)C(=O)N1CC(=O)C2C1CCN2C(=O)C(CC(C)C)NC(=O)Oc1ccc(-c2ccccc2)s1. The van der Waals surface area contributed by atoms with E-state index < -0.39 is 30.3 Å². The standard InChI is InChI=1S/C29H38N4O5S/c1-5-18(4)25(30)28(36)33-16-22(34)26-21(33)13-14-32(26)27(35)20(15-17(2)3)31-29(37)38-24-12-11-23(39-24)19-9-7-6-8-10-19/h6-12,17-18,20-21,25-26H,5,13-16,30H2,1-4H3,(H,31,37). The lowest BCUT2D eigenvalue weighted by atomic mass is 9.98. The molecule has 39 heavy (non-hydrogen) atoms. The number of thiophene rings is 1. The summed E-state index contributed by atoms with van der Waals surface area (Å²) in [5, 5.41) is 3.15. The topological polar surface area (TPSA) is 122 Å². The molecule has 10 heteroatoms. The minimum atomic E-state index is -0.857. The summed E-state index contributed by atoms with van der Waals surface area (Å²) in [6.07, 6.45) is 0.917. The van der Waals surface area contributed by atoms with Gasteiger partial charge < -0.3 is 25.6 Å². The molecule has 0 bridgehead atoms. The van der Waals surface area contributed by atoms with E-state index in [2.05, 4.69) is 5.32 Å². The maximum absolute atomic E-state index is 13.7. The summed E-state index contributed by atoms with van der Waals surface area (Å²) in [4.78, 5) is 56.7. The number of hydrogen-bond donors (Lipinski definition) is 2. The van der Waals surface area contributed by atoms with Crippen LogP contribution in [0.4, 0.5) is 4.79 Å². The third-order valence-electron chi connectivity index (χ3n) is 7.66. The van der Waals surface area contributed by atoms with Crippen molar-refractivity contribution in [3.8, 4) is 15.5 Å². The number of ketones is 1. The number of carbonyl (C=O) groups excluding carboxylic acids is 4. The maximum Gasteiger partial charge on any atom is 0.414 e. The van der Waals surface area contributed by atoms with Gasteiger partial charge in [-0.3, -0.25) is 14.4 Å². The summed E-state index contributed by atoms with van der Waals surface area (Å²) in [7, 11) is 0. The first-order chi connectivity index (χ1) is 18.6. The molecule has 0 aliphatic carbocycles. The Morgan fingerprint density at radius 2 is 1.79 bits per heavy atom. The van der Waals surface area contributed by atoms with Gasteiger partial charge in [-0.1, -0.05) is 75.8 Å². The number of hydrogen-bond acceptors (Lipinski definition) is 7. The Hall–Kier alpha value is -3.24. The minimum Gasteiger partial charge on any atom is -0.399 e. The van der Waals surface area contributed by atoms with Gasteiger partial charge in [0.1, 0.15) is 12.1 Å². The van der Waals surface area contributed by atoms with E-state index in [1.807, 2.05) is 64.1 Å². The van der Waals surface area contributed by atoms with Crippen LogP contribution < -0.4 is 15.8 Å². The van der Waals surface area contributed by atoms with Gasteiger partial charge in [0.2, 0.25) is 11.8 Å². The largest absolute Gasteiger partial charge is 0.414 e. The number of Topliss-reactive ketones (excluding diaryl/α,β-unsaturated/α-hetero) is 1. The lowest BCUT2D eigenvalue weighted by molar-refractivity contribution is -0.138. The van der Waals surface area contributed by atoms with Crippen LogP contribution >= 0.6 is 11.3 Å². The van der Waals surface area contributed by atoms with Gasteiger partial charge in [-0.05, 0) is 42.4 Å². The second-order valence-corrected chi connectivity index (χ2v) is 11.9. The van der Waals surface area contributed by atoms with Gasteiger partial charge >= 0.3 is 6.09 Å². The van der Waals surface area contributed by atoms with Crippen molar-refractivity contribution in [2.45, 2.75) is 71.1 Å². The average molecular weight is 555 g/mol. The fourth-order valence-corrected chi connectivity index (χ4v) is 6.20. The molecule has 2 aromatic rings. The number of rotatable bonds is 9. The molecule has 3 heterocycles. The molecule has 2 fully saturated rings. The van der Waals surface area contributed by atoms with Crippen molar-refractivity contribution in [1.29, 1.82) is 0 Å². The number of nitrogens with two attached hydrogens (primary N) is 1. The van der Waals surface area contributed by atoms with E-state index in [9.17, 15) is 19.2 Å². The fraction of sp³-hybridized carbons (Fsp3) is 0.517. The molecule has 0 radical (unpaired) electrons. The van der Waals surface area contributed by atoms with Crippen LogP contribution in [-0.4, -0.2) is 70.7 Å². The Bertz CT molecular complexity index is 1200. The predicted octanol–water partition coefficient (Wildman–Crippen LogP) is 3.67. The van der Waals surface area contributed by atoms with Crippen molar-refractivity contribution in [2.75, 3.05) is 13.1 Å². The number of nitrogens with one attached hydrogen (secondary N) is 1. The molecule has 0 spiro atoms. The van der Waals surface area contributed by atoms with Crippen molar-refractivity contribution in [2.24, 2.45) is 17.6 Å². The molecular weight excluding hydrogens is 516 g/mol. The highest BCUT2D eigenvalue weighted by Crippen LogP contribution is 2.34. The Balaban J connectivity index is 1.43. The van der Waals surface area contributed by atoms with Gasteiger partial charge in [0.05, 0.1) is 18.6 Å². The molecule has 2 aliphatic heterocycles. The van der Waals surface area contributed by atoms with Crippen LogP contribution in [0.5, 0.6) is 5.06 Å². The van der Waals surface area contributed by atoms with Crippen LogP contribution in [0.2, 0.25) is 0 Å². The van der Waals surface area contributed by atoms with Crippen molar-refractivity contribution < 1.29 is 23.9 Å². The van der Waals surface area contributed by atoms with Gasteiger partial charge in [-0.25, -0.2) is 4.79 Å². The maximum atomic E-state index is 13.7. The molecule has 2 aliphatic rings. The first-order valence-electron chi connectivity index (χ1n) is 13.6. The molecule has 5 atom stereocenters. The van der Waals surface area contributed by atoms with Crippen LogP contribution in [0, 0.1) is 11.8 Å². The number of nitrogens with zero attached hydrogens (tertiary/aromatic N) is 2. The van der Waals surface area contributed by atoms with Crippen LogP contribution in [0.3, 0.4) is 0 Å². The number of fused-ring (bicyclic) bond motifs is 1. The summed E-state index contributed by atoms with van der Waals surface area (Å²) in [5.74, 6) is -0.657. The molecule has 3 amide bonds. The van der Waals surface area contributed by atoms with Gasteiger partial charge in [0.15, 0.2) is 10.8 Å². The zero-order valence-corrected chi connectivity index (χ0v) is 23.8. The highest BCUT2D eigenvalue weighted by atomic mass is 32.1. The van der Waals surface area contributed by atoms with E-state index in [1.165, 1.54) is 16.2 Å². The van der Waals surface area contributed by atoms with E-state index in [-0.39, 0.29) is 36.0 Å². The fourth-order valence-electron chi connectivity index (χ4n) is 5.34. The molecule has 1 aromatic heterocycles. The summed E-state index contributed by atoms with van der Waals surface area (Å²) >= 11 is 1.34. The number of benzene rings is 1. The predicted molar refractivity (Wildman–Crippen MR) is 150 cm³/mol. The molecule has 210 valence electrons. The second kappa shape index (κ2) is 12.3. The minimum absolute atomic E-state index is 0.0106. The van der Waals surface area contributed by atoms with Gasteiger partial charge in [-0.15, -0.1) is 0 Å². The molecule has 2 saturated heterocycles. The average Bonchev–Trinajstić information content (AvgIpc) is 3.64. The highest BCUT2D eigenvalue weighted by Gasteiger charge is 2.53. The molecule has 9 nitrogen and oxygen atoms in total. The zero-order valence-electron chi connectivity index (χ0n) is 23.0. The van der Waals surface area contributed by atoms with Crippen molar-refractivity contribution in [3.63, 3.8) is 0 Å². The summed E-state index contributed by atoms with van der Waals surface area (Å²) < 4.78 is 5.52. The molecule has 0 saturated carbocycles. The summed E-state index contributed by atoms with van der Waals surface area (Å²) in [5.41, 5.74) is 7.21. The molecule has 5 unspecified atom stereocenters. The number of carbonyl (C=O) groups is 4. The van der Waals surface area contributed by atoms with Crippen LogP contribution in [-0.2, 0) is 14.4 Å². The Kier molecular flexibility index (Phi) is 9.07. The Labute approximate surface area is 233 Å². The monoisotopic (exact) mass is 554 g/mol. The van der Waals surface area contributed by atoms with E-state index in [4.69, 9.17) is 10.5 Å². The van der Waals surface area contributed by atoms with Crippen molar-refractivity contribution in [3.05, 3.63) is 42.5 Å². The molecule has 1 aromatic carbocycles.